The van der Waals surface area contributed by atoms with Gasteiger partial charge in [-0.05, 0) is 19.1 Å². The molecule has 0 spiro atoms. The molecular formula is C13H13N3O5. The fraction of sp³-hybridized carbons (Fsp3) is 0.154. The first kappa shape index (κ1) is 14.5. The van der Waals surface area contributed by atoms with Crippen LogP contribution < -0.4 is 16.0 Å². The second-order valence-electron chi connectivity index (χ2n) is 4.22. The number of rotatable bonds is 5. The van der Waals surface area contributed by atoms with Gasteiger partial charge in [-0.2, -0.15) is 0 Å². The standard InChI is InChI=1S/C13H13N3O5/c1-8-11(16(18)19)3-2-4-12(8)21-7-10-5-9(6-20-10)13(17)15-14/h2-6H,7,14H2,1H3,(H,15,17). The predicted molar refractivity (Wildman–Crippen MR) is 72.5 cm³/mol. The van der Waals surface area contributed by atoms with Gasteiger partial charge in [-0.3, -0.25) is 20.3 Å². The van der Waals surface area contributed by atoms with Gasteiger partial charge < -0.3 is 9.15 Å². The van der Waals surface area contributed by atoms with E-state index in [1.54, 1.807) is 13.0 Å². The van der Waals surface area contributed by atoms with Crippen LogP contribution in [0.2, 0.25) is 0 Å². The summed E-state index contributed by atoms with van der Waals surface area (Å²) < 4.78 is 10.6. The van der Waals surface area contributed by atoms with E-state index in [1.165, 1.54) is 24.5 Å². The molecule has 0 saturated heterocycles. The highest BCUT2D eigenvalue weighted by Gasteiger charge is 2.15. The highest BCUT2D eigenvalue weighted by Crippen LogP contribution is 2.27. The molecule has 1 heterocycles. The van der Waals surface area contributed by atoms with Crippen molar-refractivity contribution in [2.75, 3.05) is 0 Å². The average molecular weight is 291 g/mol. The number of nitrogens with zero attached hydrogens (tertiary/aromatic N) is 1. The van der Waals surface area contributed by atoms with Crippen molar-refractivity contribution in [3.8, 4) is 5.75 Å². The second-order valence-corrected chi connectivity index (χ2v) is 4.22. The molecule has 0 saturated carbocycles. The van der Waals surface area contributed by atoms with Crippen LogP contribution in [-0.2, 0) is 6.61 Å². The van der Waals surface area contributed by atoms with Crippen LogP contribution in [0.3, 0.4) is 0 Å². The fourth-order valence-electron chi connectivity index (χ4n) is 1.76. The SMILES string of the molecule is Cc1c(OCc2cc(C(=O)NN)co2)cccc1[N+](=O)[O-]. The van der Waals surface area contributed by atoms with Gasteiger partial charge in [0.1, 0.15) is 24.4 Å². The van der Waals surface area contributed by atoms with Crippen LogP contribution in [-0.4, -0.2) is 10.8 Å². The lowest BCUT2D eigenvalue weighted by atomic mass is 10.2. The summed E-state index contributed by atoms with van der Waals surface area (Å²) in [7, 11) is 0. The van der Waals surface area contributed by atoms with Gasteiger partial charge in [0.05, 0.1) is 16.1 Å². The summed E-state index contributed by atoms with van der Waals surface area (Å²) in [5.74, 6) is 5.31. The smallest absolute Gasteiger partial charge is 0.276 e. The highest BCUT2D eigenvalue weighted by molar-refractivity contribution is 5.93. The van der Waals surface area contributed by atoms with Crippen molar-refractivity contribution in [3.05, 3.63) is 57.5 Å². The molecule has 110 valence electrons. The summed E-state index contributed by atoms with van der Waals surface area (Å²) in [5, 5.41) is 10.8. The summed E-state index contributed by atoms with van der Waals surface area (Å²) in [4.78, 5) is 21.6. The van der Waals surface area contributed by atoms with Gasteiger partial charge in [-0.15, -0.1) is 0 Å². The maximum atomic E-state index is 11.3. The number of carbonyl (C=O) groups excluding carboxylic acids is 1. The molecule has 2 aromatic rings. The number of hydrazine groups is 1. The van der Waals surface area contributed by atoms with Crippen LogP contribution in [0.1, 0.15) is 21.7 Å². The van der Waals surface area contributed by atoms with Crippen LogP contribution in [0.4, 0.5) is 5.69 Å². The van der Waals surface area contributed by atoms with E-state index in [0.717, 1.165) is 0 Å². The molecule has 21 heavy (non-hydrogen) atoms. The number of carbonyl (C=O) groups is 1. The van der Waals surface area contributed by atoms with E-state index in [-0.39, 0.29) is 17.9 Å². The van der Waals surface area contributed by atoms with Crippen LogP contribution in [0.25, 0.3) is 0 Å². The topological polar surface area (TPSA) is 121 Å². The Bertz CT molecular complexity index is 680. The number of nitro groups is 1. The first-order chi connectivity index (χ1) is 10.0. The molecule has 1 aromatic heterocycles. The lowest BCUT2D eigenvalue weighted by Gasteiger charge is -2.07. The molecule has 0 aliphatic heterocycles. The van der Waals surface area contributed by atoms with Gasteiger partial charge in [0.2, 0.25) is 0 Å². The summed E-state index contributed by atoms with van der Waals surface area (Å²) >= 11 is 0. The van der Waals surface area contributed by atoms with Crippen LogP contribution in [0, 0.1) is 17.0 Å². The number of nitrogens with two attached hydrogens (primary N) is 1. The summed E-state index contributed by atoms with van der Waals surface area (Å²) in [6.07, 6.45) is 1.25. The maximum Gasteiger partial charge on any atom is 0.276 e. The monoisotopic (exact) mass is 291 g/mol. The van der Waals surface area contributed by atoms with Crippen LogP contribution >= 0.6 is 0 Å². The minimum absolute atomic E-state index is 0.0184. The zero-order chi connectivity index (χ0) is 15.4. The zero-order valence-corrected chi connectivity index (χ0v) is 11.2. The van der Waals surface area contributed by atoms with Crippen LogP contribution in [0.15, 0.2) is 34.9 Å². The number of hydrogen-bond donors (Lipinski definition) is 2. The number of nitro benzene ring substituents is 1. The van der Waals surface area contributed by atoms with Gasteiger partial charge in [0, 0.05) is 6.07 Å². The van der Waals surface area contributed by atoms with E-state index in [2.05, 4.69) is 0 Å². The molecule has 0 aliphatic carbocycles. The molecule has 0 atom stereocenters. The Morgan fingerprint density at radius 1 is 1.52 bits per heavy atom. The van der Waals surface area contributed by atoms with Crippen molar-refractivity contribution < 1.29 is 18.9 Å². The summed E-state index contributed by atoms with van der Waals surface area (Å²) in [6.45, 7) is 1.64. The van der Waals surface area contributed by atoms with Crippen molar-refractivity contribution >= 4 is 11.6 Å². The lowest BCUT2D eigenvalue weighted by molar-refractivity contribution is -0.385. The molecular weight excluding hydrogens is 278 g/mol. The molecule has 3 N–H and O–H groups in total. The third kappa shape index (κ3) is 3.18. The third-order valence-electron chi connectivity index (χ3n) is 2.87. The van der Waals surface area contributed by atoms with E-state index in [0.29, 0.717) is 17.1 Å². The van der Waals surface area contributed by atoms with Gasteiger partial charge in [0.15, 0.2) is 0 Å². The molecule has 0 unspecified atom stereocenters. The Kier molecular flexibility index (Phi) is 4.19. The minimum atomic E-state index is -0.475. The number of ether oxygens (including phenoxy) is 1. The van der Waals surface area contributed by atoms with Crippen molar-refractivity contribution in [3.63, 3.8) is 0 Å². The fourth-order valence-corrected chi connectivity index (χ4v) is 1.76. The Labute approximate surface area is 119 Å². The van der Waals surface area contributed by atoms with E-state index in [4.69, 9.17) is 15.0 Å². The van der Waals surface area contributed by atoms with Crippen molar-refractivity contribution in [1.82, 2.24) is 5.43 Å². The highest BCUT2D eigenvalue weighted by atomic mass is 16.6. The molecule has 1 aromatic carbocycles. The molecule has 0 fully saturated rings. The Morgan fingerprint density at radius 2 is 2.29 bits per heavy atom. The van der Waals surface area contributed by atoms with Crippen molar-refractivity contribution in [1.29, 1.82) is 0 Å². The number of nitrogens with one attached hydrogen (secondary N) is 1. The number of hydrogen-bond acceptors (Lipinski definition) is 6. The second kappa shape index (κ2) is 6.06. The minimum Gasteiger partial charge on any atom is -0.485 e. The summed E-state index contributed by atoms with van der Waals surface area (Å²) in [5.41, 5.74) is 2.66. The molecule has 8 nitrogen and oxygen atoms in total. The molecule has 1 amide bonds. The van der Waals surface area contributed by atoms with E-state index in [1.807, 2.05) is 5.43 Å². The Balaban J connectivity index is 2.10. The van der Waals surface area contributed by atoms with Gasteiger partial charge in [-0.25, -0.2) is 5.84 Å². The summed E-state index contributed by atoms with van der Waals surface area (Å²) in [6, 6.07) is 6.04. The number of benzene rings is 1. The lowest BCUT2D eigenvalue weighted by Crippen LogP contribution is -2.29. The molecule has 0 bridgehead atoms. The third-order valence-corrected chi connectivity index (χ3v) is 2.87. The molecule has 0 radical (unpaired) electrons. The van der Waals surface area contributed by atoms with E-state index < -0.39 is 10.8 Å². The molecule has 0 aliphatic rings. The first-order valence-electron chi connectivity index (χ1n) is 5.98. The largest absolute Gasteiger partial charge is 0.485 e. The number of amides is 1. The molecule has 2 rings (SSSR count). The van der Waals surface area contributed by atoms with Gasteiger partial charge in [0.25, 0.3) is 11.6 Å². The van der Waals surface area contributed by atoms with Gasteiger partial charge in [-0.1, -0.05) is 6.07 Å². The van der Waals surface area contributed by atoms with Crippen LogP contribution in [0.5, 0.6) is 5.75 Å². The zero-order valence-electron chi connectivity index (χ0n) is 11.2. The van der Waals surface area contributed by atoms with Crippen molar-refractivity contribution in [2.45, 2.75) is 13.5 Å². The van der Waals surface area contributed by atoms with E-state index >= 15 is 0 Å². The Hall–Kier alpha value is -2.87. The number of furan rings is 1. The Morgan fingerprint density at radius 3 is 2.95 bits per heavy atom. The normalized spacial score (nSPS) is 10.2. The van der Waals surface area contributed by atoms with Gasteiger partial charge >= 0.3 is 0 Å². The predicted octanol–water partition coefficient (Wildman–Crippen LogP) is 1.68. The quantitative estimate of drug-likeness (QED) is 0.374. The number of nitrogen functional groups attached to an aromatic ring is 1. The van der Waals surface area contributed by atoms with Crippen molar-refractivity contribution in [2.24, 2.45) is 5.84 Å². The first-order valence-corrected chi connectivity index (χ1v) is 5.98. The van der Waals surface area contributed by atoms with E-state index in [9.17, 15) is 14.9 Å². The molecule has 8 heteroatoms. The maximum absolute atomic E-state index is 11.3. The average Bonchev–Trinajstić information content (AvgIpc) is 2.94.